The van der Waals surface area contributed by atoms with Gasteiger partial charge >= 0.3 is 0 Å². The van der Waals surface area contributed by atoms with E-state index >= 15 is 0 Å². The number of aromatic nitrogens is 3. The van der Waals surface area contributed by atoms with Crippen LogP contribution in [0.15, 0.2) is 24.7 Å². The molecule has 1 amide bonds. The molecular weight excluding hydrogens is 367 g/mol. The van der Waals surface area contributed by atoms with Crippen molar-refractivity contribution in [3.63, 3.8) is 0 Å². The van der Waals surface area contributed by atoms with Crippen molar-refractivity contribution in [2.45, 2.75) is 19.3 Å². The Hall–Kier alpha value is -3.74. The molecule has 0 aliphatic rings. The van der Waals surface area contributed by atoms with Crippen molar-refractivity contribution in [3.8, 4) is 18.2 Å². The minimum absolute atomic E-state index is 0.0416. The molecule has 0 bridgehead atoms. The van der Waals surface area contributed by atoms with Crippen LogP contribution in [-0.4, -0.2) is 40.1 Å². The fraction of sp³-hybridized carbons (Fsp3) is 0.278. The third kappa shape index (κ3) is 5.91. The SMILES string of the molecule is C#CCOc1cnc(C(=O)Nc2cnc(F)c(C(C)CCOC(=N)N)c2)cn1. The van der Waals surface area contributed by atoms with Crippen LogP contribution in [0.25, 0.3) is 0 Å². The number of nitrogens with two attached hydrogens (primary N) is 1. The number of hydrogen-bond acceptors (Lipinski definition) is 7. The normalized spacial score (nSPS) is 11.2. The van der Waals surface area contributed by atoms with E-state index in [1.807, 2.05) is 0 Å². The number of hydrogen-bond donors (Lipinski definition) is 3. The van der Waals surface area contributed by atoms with Crippen molar-refractivity contribution in [2.75, 3.05) is 18.5 Å². The molecule has 2 rings (SSSR count). The summed E-state index contributed by atoms with van der Waals surface area (Å²) in [5.41, 5.74) is 5.76. The van der Waals surface area contributed by atoms with Gasteiger partial charge in [-0.25, -0.2) is 15.0 Å². The smallest absolute Gasteiger partial charge is 0.278 e. The fourth-order valence-corrected chi connectivity index (χ4v) is 2.20. The summed E-state index contributed by atoms with van der Waals surface area (Å²) in [5.74, 6) is 1.03. The monoisotopic (exact) mass is 386 g/mol. The van der Waals surface area contributed by atoms with Crippen LogP contribution in [0, 0.1) is 23.7 Å². The highest BCUT2D eigenvalue weighted by molar-refractivity contribution is 6.02. The van der Waals surface area contributed by atoms with Crippen LogP contribution in [0.3, 0.4) is 0 Å². The Morgan fingerprint density at radius 3 is 2.82 bits per heavy atom. The zero-order valence-corrected chi connectivity index (χ0v) is 15.1. The zero-order chi connectivity index (χ0) is 20.5. The molecule has 4 N–H and O–H groups in total. The predicted molar refractivity (Wildman–Crippen MR) is 99.4 cm³/mol. The number of amides is 1. The quantitative estimate of drug-likeness (QED) is 0.272. The minimum Gasteiger partial charge on any atom is -0.466 e. The second kappa shape index (κ2) is 9.82. The molecule has 0 spiro atoms. The lowest BCUT2D eigenvalue weighted by atomic mass is 9.99. The van der Waals surface area contributed by atoms with Crippen molar-refractivity contribution in [1.29, 1.82) is 5.41 Å². The summed E-state index contributed by atoms with van der Waals surface area (Å²) in [6, 6.07) is 1.08. The number of amidine groups is 1. The maximum atomic E-state index is 14.0. The van der Waals surface area contributed by atoms with E-state index < -0.39 is 17.9 Å². The van der Waals surface area contributed by atoms with Crippen LogP contribution < -0.4 is 15.8 Å². The molecule has 1 atom stereocenters. The Bertz CT molecular complexity index is 882. The predicted octanol–water partition coefficient (Wildman–Crippen LogP) is 1.68. The van der Waals surface area contributed by atoms with Gasteiger partial charge in [-0.15, -0.1) is 6.42 Å². The summed E-state index contributed by atoms with van der Waals surface area (Å²) >= 11 is 0. The van der Waals surface area contributed by atoms with Crippen LogP contribution in [-0.2, 0) is 4.74 Å². The molecule has 9 nitrogen and oxygen atoms in total. The number of terminal acetylenes is 1. The van der Waals surface area contributed by atoms with E-state index in [2.05, 4.69) is 26.2 Å². The Balaban J connectivity index is 2.04. The second-order valence-corrected chi connectivity index (χ2v) is 5.69. The molecule has 0 radical (unpaired) electrons. The van der Waals surface area contributed by atoms with Gasteiger partial charge in [-0.3, -0.25) is 10.2 Å². The third-order valence-corrected chi connectivity index (χ3v) is 3.63. The number of carbonyl (C=O) groups is 1. The molecule has 0 saturated carbocycles. The second-order valence-electron chi connectivity index (χ2n) is 5.69. The summed E-state index contributed by atoms with van der Waals surface area (Å²) < 4.78 is 24.0. The van der Waals surface area contributed by atoms with Crippen LogP contribution >= 0.6 is 0 Å². The standard InChI is InChI=1S/C18H19FN6O3/c1-3-5-27-15-10-22-14(9-23-15)17(26)25-12-7-13(16(19)24-8-12)11(2)4-6-28-18(20)21/h1,7-11H,4-6H2,2H3,(H3,20,21)(H,25,26). The highest BCUT2D eigenvalue weighted by Gasteiger charge is 2.15. The minimum atomic E-state index is -0.650. The number of halogens is 1. The molecule has 0 saturated heterocycles. The average Bonchev–Trinajstić information content (AvgIpc) is 2.67. The molecule has 1 unspecified atom stereocenters. The zero-order valence-electron chi connectivity index (χ0n) is 15.1. The Morgan fingerprint density at radius 1 is 1.39 bits per heavy atom. The summed E-state index contributed by atoms with van der Waals surface area (Å²) in [7, 11) is 0. The first kappa shape index (κ1) is 20.6. The average molecular weight is 386 g/mol. The van der Waals surface area contributed by atoms with E-state index in [1.54, 1.807) is 6.92 Å². The summed E-state index contributed by atoms with van der Waals surface area (Å²) in [6.45, 7) is 1.98. The van der Waals surface area contributed by atoms with E-state index in [-0.39, 0.29) is 30.7 Å². The number of nitrogens with zero attached hydrogens (tertiary/aromatic N) is 3. The molecule has 0 fully saturated rings. The molecule has 2 heterocycles. The molecule has 28 heavy (non-hydrogen) atoms. The Kier molecular flexibility index (Phi) is 7.21. The molecule has 0 aliphatic carbocycles. The van der Waals surface area contributed by atoms with Gasteiger partial charge in [-0.2, -0.15) is 4.39 Å². The maximum Gasteiger partial charge on any atom is 0.278 e. The molecule has 10 heteroatoms. The topological polar surface area (TPSA) is 136 Å². The number of nitrogens with one attached hydrogen (secondary N) is 2. The lowest BCUT2D eigenvalue weighted by molar-refractivity contribution is 0.102. The third-order valence-electron chi connectivity index (χ3n) is 3.63. The van der Waals surface area contributed by atoms with Gasteiger partial charge in [0.05, 0.1) is 30.9 Å². The Labute approximate surface area is 161 Å². The summed E-state index contributed by atoms with van der Waals surface area (Å²) in [6.07, 6.45) is 9.21. The number of pyridine rings is 1. The Morgan fingerprint density at radius 2 is 2.18 bits per heavy atom. The van der Waals surface area contributed by atoms with Crippen molar-refractivity contribution in [1.82, 2.24) is 15.0 Å². The first-order chi connectivity index (χ1) is 13.4. The van der Waals surface area contributed by atoms with Crippen molar-refractivity contribution in [2.24, 2.45) is 5.73 Å². The van der Waals surface area contributed by atoms with E-state index in [9.17, 15) is 9.18 Å². The summed E-state index contributed by atoms with van der Waals surface area (Å²) in [5, 5.41) is 9.61. The van der Waals surface area contributed by atoms with Crippen LogP contribution in [0.2, 0.25) is 0 Å². The van der Waals surface area contributed by atoms with Gasteiger partial charge in [0.15, 0.2) is 6.61 Å². The van der Waals surface area contributed by atoms with Crippen molar-refractivity contribution in [3.05, 3.63) is 41.9 Å². The van der Waals surface area contributed by atoms with Crippen LogP contribution in [0.4, 0.5) is 10.1 Å². The van der Waals surface area contributed by atoms with E-state index in [0.29, 0.717) is 17.7 Å². The lowest BCUT2D eigenvalue weighted by Crippen LogP contribution is -2.17. The molecule has 2 aromatic heterocycles. The van der Waals surface area contributed by atoms with E-state index in [0.717, 1.165) is 0 Å². The van der Waals surface area contributed by atoms with Gasteiger partial charge in [0.1, 0.15) is 5.69 Å². The lowest BCUT2D eigenvalue weighted by Gasteiger charge is -2.14. The van der Waals surface area contributed by atoms with Gasteiger partial charge in [0, 0.05) is 5.56 Å². The van der Waals surface area contributed by atoms with Gasteiger partial charge in [-0.1, -0.05) is 12.8 Å². The van der Waals surface area contributed by atoms with Gasteiger partial charge in [0.25, 0.3) is 11.9 Å². The van der Waals surface area contributed by atoms with Crippen molar-refractivity contribution >= 4 is 17.6 Å². The van der Waals surface area contributed by atoms with Crippen LogP contribution in [0.1, 0.15) is 35.3 Å². The molecule has 0 aliphatic heterocycles. The van der Waals surface area contributed by atoms with Gasteiger partial charge in [0.2, 0.25) is 11.8 Å². The number of anilines is 1. The molecule has 0 aromatic carbocycles. The number of carbonyl (C=O) groups excluding carboxylic acids is 1. The number of rotatable bonds is 8. The fourth-order valence-electron chi connectivity index (χ4n) is 2.20. The molecule has 146 valence electrons. The highest BCUT2D eigenvalue weighted by atomic mass is 19.1. The first-order valence-corrected chi connectivity index (χ1v) is 8.22. The summed E-state index contributed by atoms with van der Waals surface area (Å²) in [4.78, 5) is 23.8. The van der Waals surface area contributed by atoms with Crippen molar-refractivity contribution < 1.29 is 18.7 Å². The van der Waals surface area contributed by atoms with Crippen LogP contribution in [0.5, 0.6) is 5.88 Å². The number of ether oxygens (including phenoxy) is 2. The molecular formula is C18H19FN6O3. The molecule has 2 aromatic rings. The highest BCUT2D eigenvalue weighted by Crippen LogP contribution is 2.24. The maximum absolute atomic E-state index is 14.0. The van der Waals surface area contributed by atoms with E-state index in [4.69, 9.17) is 27.0 Å². The largest absolute Gasteiger partial charge is 0.466 e. The van der Waals surface area contributed by atoms with Gasteiger partial charge < -0.3 is 20.5 Å². The first-order valence-electron chi connectivity index (χ1n) is 8.22. The van der Waals surface area contributed by atoms with Gasteiger partial charge in [-0.05, 0) is 18.4 Å². The van der Waals surface area contributed by atoms with E-state index in [1.165, 1.54) is 24.7 Å².